The molecule has 0 amide bonds. The van der Waals surface area contributed by atoms with Gasteiger partial charge in [0.15, 0.2) is 0 Å². The smallest absolute Gasteiger partial charge is 0.314 e. The summed E-state index contributed by atoms with van der Waals surface area (Å²) in [6.45, 7) is 3.90. The van der Waals surface area contributed by atoms with Gasteiger partial charge in [0.1, 0.15) is 0 Å². The second-order valence-electron chi connectivity index (χ2n) is 6.99. The SMILES string of the molecule is C=CS(=O)(=O)NC[C@H]1CCN(S(=O)(=O)c2ccc(C3(C(=O)O)CC3)cc2)C1. The Kier molecular flexibility index (Phi) is 5.19. The number of carboxylic acid groups (broad SMARTS) is 1. The number of nitrogens with zero attached hydrogens (tertiary/aromatic N) is 1. The molecule has 2 N–H and O–H groups in total. The van der Waals surface area contributed by atoms with Crippen molar-refractivity contribution in [2.75, 3.05) is 19.6 Å². The van der Waals surface area contributed by atoms with Crippen molar-refractivity contribution in [3.63, 3.8) is 0 Å². The Morgan fingerprint density at radius 2 is 1.89 bits per heavy atom. The van der Waals surface area contributed by atoms with Crippen molar-refractivity contribution in [2.24, 2.45) is 5.92 Å². The van der Waals surface area contributed by atoms with Crippen LogP contribution >= 0.6 is 0 Å². The molecule has 8 nitrogen and oxygen atoms in total. The molecule has 3 rings (SSSR count). The Bertz CT molecular complexity index is 950. The Labute approximate surface area is 159 Å². The van der Waals surface area contributed by atoms with Gasteiger partial charge in [-0.05, 0) is 42.9 Å². The Morgan fingerprint density at radius 3 is 2.41 bits per heavy atom. The van der Waals surface area contributed by atoms with Crippen LogP contribution in [0, 0.1) is 5.92 Å². The lowest BCUT2D eigenvalue weighted by molar-refractivity contribution is -0.140. The minimum atomic E-state index is -3.70. The van der Waals surface area contributed by atoms with Crippen LogP contribution in [0.4, 0.5) is 0 Å². The Hall–Kier alpha value is -1.75. The van der Waals surface area contributed by atoms with Crippen molar-refractivity contribution in [2.45, 2.75) is 29.6 Å². The molecule has 0 aromatic heterocycles. The van der Waals surface area contributed by atoms with Crippen molar-refractivity contribution in [1.82, 2.24) is 9.03 Å². The van der Waals surface area contributed by atoms with Crippen LogP contribution in [-0.4, -0.2) is 51.9 Å². The van der Waals surface area contributed by atoms with Crippen molar-refractivity contribution in [3.05, 3.63) is 41.8 Å². The predicted molar refractivity (Wildman–Crippen MR) is 99.0 cm³/mol. The van der Waals surface area contributed by atoms with E-state index in [0.717, 1.165) is 5.41 Å². The first-order chi connectivity index (χ1) is 12.6. The minimum Gasteiger partial charge on any atom is -0.481 e. The molecule has 1 atom stereocenters. The van der Waals surface area contributed by atoms with Crippen LogP contribution in [0.25, 0.3) is 0 Å². The number of sulfonamides is 2. The first-order valence-electron chi connectivity index (χ1n) is 8.57. The van der Waals surface area contributed by atoms with Crippen LogP contribution < -0.4 is 4.72 Å². The molecule has 1 heterocycles. The Morgan fingerprint density at radius 1 is 1.26 bits per heavy atom. The molecular formula is C17H22N2O6S2. The molecule has 1 aliphatic heterocycles. The van der Waals surface area contributed by atoms with Gasteiger partial charge in [0, 0.05) is 25.0 Å². The van der Waals surface area contributed by atoms with Crippen molar-refractivity contribution >= 4 is 26.0 Å². The maximum absolute atomic E-state index is 12.8. The summed E-state index contributed by atoms with van der Waals surface area (Å²) in [5.41, 5.74) is -0.254. The molecule has 1 aromatic rings. The molecule has 10 heteroatoms. The highest BCUT2D eigenvalue weighted by molar-refractivity contribution is 7.92. The van der Waals surface area contributed by atoms with E-state index in [1.54, 1.807) is 12.1 Å². The standard InChI is InChI=1S/C17H22N2O6S2/c1-2-26(22,23)18-11-13-7-10-19(12-13)27(24,25)15-5-3-14(4-6-15)17(8-9-17)16(20)21/h2-6,13,18H,1,7-12H2,(H,20,21)/t13-/m1/s1. The van der Waals surface area contributed by atoms with Gasteiger partial charge in [-0.15, -0.1) is 0 Å². The first-order valence-corrected chi connectivity index (χ1v) is 11.6. The molecule has 1 saturated heterocycles. The molecule has 1 aromatic carbocycles. The van der Waals surface area contributed by atoms with Gasteiger partial charge in [0.05, 0.1) is 10.3 Å². The number of aliphatic carboxylic acids is 1. The van der Waals surface area contributed by atoms with Crippen LogP contribution in [0.3, 0.4) is 0 Å². The first kappa shape index (κ1) is 20.0. The monoisotopic (exact) mass is 414 g/mol. The van der Waals surface area contributed by atoms with E-state index in [1.165, 1.54) is 16.4 Å². The summed E-state index contributed by atoms with van der Waals surface area (Å²) in [5.74, 6) is -1.00. The lowest BCUT2D eigenvalue weighted by Crippen LogP contribution is -2.32. The highest BCUT2D eigenvalue weighted by atomic mass is 32.2. The second-order valence-corrected chi connectivity index (χ2v) is 10.6. The molecular weight excluding hydrogens is 392 g/mol. The van der Waals surface area contributed by atoms with Crippen LogP contribution in [0.5, 0.6) is 0 Å². The predicted octanol–water partition coefficient (Wildman–Crippen LogP) is 0.876. The summed E-state index contributed by atoms with van der Waals surface area (Å²) < 4.78 is 52.2. The summed E-state index contributed by atoms with van der Waals surface area (Å²) in [5, 5.41) is 10.2. The van der Waals surface area contributed by atoms with Crippen LogP contribution in [0.2, 0.25) is 0 Å². The summed E-state index contributed by atoms with van der Waals surface area (Å²) in [4.78, 5) is 11.5. The van der Waals surface area contributed by atoms with E-state index in [0.29, 0.717) is 31.4 Å². The summed E-state index contributed by atoms with van der Waals surface area (Å²) in [6, 6.07) is 6.03. The van der Waals surface area contributed by atoms with E-state index >= 15 is 0 Å². The van der Waals surface area contributed by atoms with Gasteiger partial charge in [-0.3, -0.25) is 4.79 Å². The molecule has 1 saturated carbocycles. The third-order valence-corrected chi connectivity index (χ3v) is 8.13. The Balaban J connectivity index is 1.68. The second kappa shape index (κ2) is 7.01. The average molecular weight is 415 g/mol. The van der Waals surface area contributed by atoms with Gasteiger partial charge < -0.3 is 5.11 Å². The van der Waals surface area contributed by atoms with Crippen molar-refractivity contribution in [3.8, 4) is 0 Å². The zero-order valence-corrected chi connectivity index (χ0v) is 16.3. The van der Waals surface area contributed by atoms with Gasteiger partial charge in [-0.1, -0.05) is 18.7 Å². The van der Waals surface area contributed by atoms with E-state index in [1.807, 2.05) is 0 Å². The van der Waals surface area contributed by atoms with Crippen LogP contribution in [-0.2, 0) is 30.3 Å². The molecule has 0 radical (unpaired) electrons. The van der Waals surface area contributed by atoms with E-state index in [9.17, 15) is 26.7 Å². The normalized spacial score (nSPS) is 22.4. The maximum Gasteiger partial charge on any atom is 0.314 e. The van der Waals surface area contributed by atoms with Gasteiger partial charge >= 0.3 is 5.97 Å². The van der Waals surface area contributed by atoms with E-state index in [2.05, 4.69) is 11.3 Å². The quantitative estimate of drug-likeness (QED) is 0.651. The topological polar surface area (TPSA) is 121 Å². The molecule has 2 fully saturated rings. The average Bonchev–Trinajstić information content (AvgIpc) is 3.31. The van der Waals surface area contributed by atoms with Crippen LogP contribution in [0.15, 0.2) is 41.1 Å². The number of hydrogen-bond acceptors (Lipinski definition) is 5. The number of nitrogens with one attached hydrogen (secondary N) is 1. The zero-order chi connectivity index (χ0) is 19.9. The van der Waals surface area contributed by atoms with Gasteiger partial charge in [0.2, 0.25) is 20.0 Å². The highest BCUT2D eigenvalue weighted by Crippen LogP contribution is 2.48. The van der Waals surface area contributed by atoms with Gasteiger partial charge in [-0.2, -0.15) is 4.31 Å². The minimum absolute atomic E-state index is 0.111. The molecule has 2 aliphatic rings. The largest absolute Gasteiger partial charge is 0.481 e. The summed E-state index contributed by atoms with van der Waals surface area (Å²) in [6.07, 6.45) is 1.67. The number of hydrogen-bond donors (Lipinski definition) is 2. The molecule has 0 spiro atoms. The molecule has 0 unspecified atom stereocenters. The molecule has 27 heavy (non-hydrogen) atoms. The van der Waals surface area contributed by atoms with E-state index in [4.69, 9.17) is 0 Å². The van der Waals surface area contributed by atoms with Gasteiger partial charge in [-0.25, -0.2) is 21.6 Å². The fraction of sp³-hybridized carbons (Fsp3) is 0.471. The van der Waals surface area contributed by atoms with Crippen molar-refractivity contribution in [1.29, 1.82) is 0 Å². The van der Waals surface area contributed by atoms with Crippen molar-refractivity contribution < 1.29 is 26.7 Å². The van der Waals surface area contributed by atoms with E-state index < -0.39 is 31.4 Å². The fourth-order valence-electron chi connectivity index (χ4n) is 3.32. The number of carbonyl (C=O) groups is 1. The fourth-order valence-corrected chi connectivity index (χ4v) is 5.44. The molecule has 148 valence electrons. The zero-order valence-electron chi connectivity index (χ0n) is 14.7. The number of rotatable bonds is 8. The number of benzene rings is 1. The third kappa shape index (κ3) is 3.93. The molecule has 1 aliphatic carbocycles. The lowest BCUT2D eigenvalue weighted by Gasteiger charge is -2.18. The van der Waals surface area contributed by atoms with Gasteiger partial charge in [0.25, 0.3) is 0 Å². The van der Waals surface area contributed by atoms with Crippen LogP contribution in [0.1, 0.15) is 24.8 Å². The van der Waals surface area contributed by atoms with E-state index in [-0.39, 0.29) is 23.9 Å². The maximum atomic E-state index is 12.8. The third-order valence-electron chi connectivity index (χ3n) is 5.25. The molecule has 0 bridgehead atoms. The summed E-state index contributed by atoms with van der Waals surface area (Å²) >= 11 is 0. The number of carboxylic acids is 1. The lowest BCUT2D eigenvalue weighted by atomic mass is 9.96. The highest BCUT2D eigenvalue weighted by Gasteiger charge is 2.51. The summed E-state index contributed by atoms with van der Waals surface area (Å²) in [7, 11) is -7.24.